The zero-order valence-corrected chi connectivity index (χ0v) is 15.8. The average Bonchev–Trinajstić information content (AvgIpc) is 3.05. The lowest BCUT2D eigenvalue weighted by Gasteiger charge is -2.19. The van der Waals surface area contributed by atoms with E-state index >= 15 is 0 Å². The predicted octanol–water partition coefficient (Wildman–Crippen LogP) is 4.46. The molecule has 6 nitrogen and oxygen atoms in total. The van der Waals surface area contributed by atoms with Gasteiger partial charge in [0.1, 0.15) is 18.7 Å². The highest BCUT2D eigenvalue weighted by Gasteiger charge is 2.15. The van der Waals surface area contributed by atoms with E-state index < -0.39 is 0 Å². The summed E-state index contributed by atoms with van der Waals surface area (Å²) in [5.74, 6) is 2.34. The number of nitrogens with one attached hydrogen (secondary N) is 1. The number of ether oxygens (including phenoxy) is 2. The molecular weight excluding hydrogens is 352 g/mol. The number of nitrogens with zero attached hydrogens (tertiary/aromatic N) is 3. The molecule has 0 saturated carbocycles. The van der Waals surface area contributed by atoms with Crippen LogP contribution in [0.25, 0.3) is 22.2 Å². The molecule has 0 bridgehead atoms. The van der Waals surface area contributed by atoms with Crippen molar-refractivity contribution in [3.63, 3.8) is 0 Å². The van der Waals surface area contributed by atoms with Crippen molar-refractivity contribution in [2.24, 2.45) is 7.05 Å². The number of anilines is 2. The van der Waals surface area contributed by atoms with E-state index in [0.29, 0.717) is 13.2 Å². The van der Waals surface area contributed by atoms with Crippen LogP contribution >= 0.6 is 0 Å². The minimum Gasteiger partial charge on any atom is -0.486 e. The minimum atomic E-state index is 0.580. The van der Waals surface area contributed by atoms with Gasteiger partial charge >= 0.3 is 0 Å². The van der Waals surface area contributed by atoms with Crippen molar-refractivity contribution in [2.45, 2.75) is 6.92 Å². The fourth-order valence-electron chi connectivity index (χ4n) is 3.60. The third-order valence-corrected chi connectivity index (χ3v) is 5.05. The van der Waals surface area contributed by atoms with Crippen LogP contribution in [0.5, 0.6) is 11.5 Å². The van der Waals surface area contributed by atoms with Gasteiger partial charge in [-0.15, -0.1) is 0 Å². The summed E-state index contributed by atoms with van der Waals surface area (Å²) in [4.78, 5) is 4.48. The molecule has 1 N–H and O–H groups in total. The van der Waals surface area contributed by atoms with Gasteiger partial charge in [0.25, 0.3) is 0 Å². The Bertz CT molecular complexity index is 1180. The molecule has 2 aromatic carbocycles. The summed E-state index contributed by atoms with van der Waals surface area (Å²) >= 11 is 0. The van der Waals surface area contributed by atoms with Crippen LogP contribution in [0.4, 0.5) is 11.5 Å². The van der Waals surface area contributed by atoms with Crippen LogP contribution in [0.15, 0.2) is 54.7 Å². The molecule has 0 aliphatic carbocycles. The summed E-state index contributed by atoms with van der Waals surface area (Å²) in [6, 6.07) is 16.2. The molecular formula is C22H20N4O2. The Morgan fingerprint density at radius 3 is 2.75 bits per heavy atom. The Hall–Kier alpha value is -3.54. The second-order valence-corrected chi connectivity index (χ2v) is 6.80. The van der Waals surface area contributed by atoms with Crippen molar-refractivity contribution < 1.29 is 9.47 Å². The van der Waals surface area contributed by atoms with E-state index in [0.717, 1.165) is 50.7 Å². The van der Waals surface area contributed by atoms with Crippen LogP contribution in [-0.4, -0.2) is 28.0 Å². The number of hydrogen-bond donors (Lipinski definition) is 1. The molecule has 1 aliphatic rings. The molecule has 2 aromatic heterocycles. The monoisotopic (exact) mass is 372 g/mol. The first-order valence-electron chi connectivity index (χ1n) is 9.25. The normalized spacial score (nSPS) is 12.9. The van der Waals surface area contributed by atoms with Gasteiger partial charge in [-0.25, -0.2) is 0 Å². The maximum absolute atomic E-state index is 5.74. The first-order chi connectivity index (χ1) is 13.7. The van der Waals surface area contributed by atoms with Crippen molar-refractivity contribution in [1.29, 1.82) is 0 Å². The Balaban J connectivity index is 1.54. The fourth-order valence-corrected chi connectivity index (χ4v) is 3.60. The van der Waals surface area contributed by atoms with Gasteiger partial charge < -0.3 is 14.8 Å². The van der Waals surface area contributed by atoms with Crippen LogP contribution < -0.4 is 14.8 Å². The van der Waals surface area contributed by atoms with Gasteiger partial charge in [0.15, 0.2) is 17.3 Å². The second kappa shape index (κ2) is 6.56. The van der Waals surface area contributed by atoms with E-state index in [9.17, 15) is 0 Å². The molecule has 0 radical (unpaired) electrons. The van der Waals surface area contributed by atoms with Crippen LogP contribution in [0, 0.1) is 6.92 Å². The van der Waals surface area contributed by atoms with Crippen molar-refractivity contribution >= 4 is 22.5 Å². The molecule has 6 heteroatoms. The summed E-state index contributed by atoms with van der Waals surface area (Å²) in [7, 11) is 1.92. The van der Waals surface area contributed by atoms with E-state index in [2.05, 4.69) is 40.5 Å². The number of fused-ring (bicyclic) bond motifs is 2. The first-order valence-corrected chi connectivity index (χ1v) is 9.25. The summed E-state index contributed by atoms with van der Waals surface area (Å²) in [6.07, 6.45) is 1.79. The van der Waals surface area contributed by atoms with Crippen LogP contribution in [0.2, 0.25) is 0 Å². The molecule has 28 heavy (non-hydrogen) atoms. The lowest BCUT2D eigenvalue weighted by molar-refractivity contribution is 0.171. The van der Waals surface area contributed by atoms with Crippen LogP contribution in [0.1, 0.15) is 5.56 Å². The zero-order chi connectivity index (χ0) is 19.1. The molecule has 5 rings (SSSR count). The summed E-state index contributed by atoms with van der Waals surface area (Å²) < 4.78 is 13.2. The molecule has 3 heterocycles. The smallest absolute Gasteiger partial charge is 0.179 e. The number of hydrogen-bond acceptors (Lipinski definition) is 5. The lowest BCUT2D eigenvalue weighted by atomic mass is 9.98. The highest BCUT2D eigenvalue weighted by Crippen LogP contribution is 2.37. The average molecular weight is 372 g/mol. The molecule has 0 saturated heterocycles. The third-order valence-electron chi connectivity index (χ3n) is 5.05. The highest BCUT2D eigenvalue weighted by atomic mass is 16.6. The Kier molecular flexibility index (Phi) is 3.90. The summed E-state index contributed by atoms with van der Waals surface area (Å²) in [6.45, 7) is 3.28. The van der Waals surface area contributed by atoms with Gasteiger partial charge in [0.2, 0.25) is 0 Å². The van der Waals surface area contributed by atoms with E-state index in [1.165, 1.54) is 0 Å². The van der Waals surface area contributed by atoms with Crippen molar-refractivity contribution in [3.8, 4) is 22.6 Å². The van der Waals surface area contributed by atoms with Gasteiger partial charge in [-0.05, 0) is 53.9 Å². The molecule has 1 aliphatic heterocycles. The third kappa shape index (κ3) is 2.74. The zero-order valence-electron chi connectivity index (χ0n) is 15.8. The molecule has 0 fully saturated rings. The molecule has 140 valence electrons. The first kappa shape index (κ1) is 16.6. The highest BCUT2D eigenvalue weighted by molar-refractivity contribution is 5.89. The van der Waals surface area contributed by atoms with Crippen LogP contribution in [0.3, 0.4) is 0 Å². The number of aromatic nitrogens is 3. The number of aryl methyl sites for hydroxylation is 1. The summed E-state index contributed by atoms with van der Waals surface area (Å²) in [5, 5.41) is 8.05. The topological polar surface area (TPSA) is 61.2 Å². The minimum absolute atomic E-state index is 0.580. The molecule has 4 aromatic rings. The van der Waals surface area contributed by atoms with E-state index in [4.69, 9.17) is 9.47 Å². The standard InChI is InChI=1S/C22H20N4O2/c1-14-16(15-8-9-19-20(13-15)28-12-11-27-19)5-3-6-17(14)24-22-21-18(26(2)25-22)7-4-10-23-21/h3-10,13H,11-12H2,1-2H3,(H,24,25). The number of rotatable bonds is 3. The largest absolute Gasteiger partial charge is 0.486 e. The van der Waals surface area contributed by atoms with Gasteiger partial charge in [-0.3, -0.25) is 9.67 Å². The molecule has 0 atom stereocenters. The summed E-state index contributed by atoms with van der Waals surface area (Å²) in [5.41, 5.74) is 6.20. The second-order valence-electron chi connectivity index (χ2n) is 6.80. The maximum atomic E-state index is 5.74. The van der Waals surface area contributed by atoms with Crippen LogP contribution in [-0.2, 0) is 7.05 Å². The molecule has 0 amide bonds. The predicted molar refractivity (Wildman–Crippen MR) is 109 cm³/mol. The van der Waals surface area contributed by atoms with Crippen molar-refractivity contribution in [3.05, 3.63) is 60.3 Å². The van der Waals surface area contributed by atoms with E-state index in [1.54, 1.807) is 6.20 Å². The molecule has 0 spiro atoms. The van der Waals surface area contributed by atoms with Gasteiger partial charge in [-0.2, -0.15) is 5.10 Å². The molecule has 0 unspecified atom stereocenters. The SMILES string of the molecule is Cc1c(Nc2nn(C)c3cccnc23)cccc1-c1ccc2c(c1)OCCO2. The van der Waals surface area contributed by atoms with E-state index in [-0.39, 0.29) is 0 Å². The van der Waals surface area contributed by atoms with Crippen molar-refractivity contribution in [1.82, 2.24) is 14.8 Å². The van der Waals surface area contributed by atoms with Crippen molar-refractivity contribution in [2.75, 3.05) is 18.5 Å². The van der Waals surface area contributed by atoms with Gasteiger partial charge in [0.05, 0.1) is 5.52 Å². The Labute approximate surface area is 162 Å². The lowest BCUT2D eigenvalue weighted by Crippen LogP contribution is -2.15. The van der Waals surface area contributed by atoms with E-state index in [1.807, 2.05) is 42.1 Å². The number of pyridine rings is 1. The van der Waals surface area contributed by atoms with Gasteiger partial charge in [-0.1, -0.05) is 18.2 Å². The Morgan fingerprint density at radius 2 is 1.86 bits per heavy atom. The fraction of sp³-hybridized carbons (Fsp3) is 0.182. The Morgan fingerprint density at radius 1 is 1.00 bits per heavy atom. The number of benzene rings is 2. The quantitative estimate of drug-likeness (QED) is 0.575. The van der Waals surface area contributed by atoms with Gasteiger partial charge in [0, 0.05) is 18.9 Å². The maximum Gasteiger partial charge on any atom is 0.179 e.